The Kier molecular flexibility index (Phi) is 6.08. The first-order valence-electron chi connectivity index (χ1n) is 10.7. The van der Waals surface area contributed by atoms with Crippen molar-refractivity contribution in [2.24, 2.45) is 5.92 Å². The molecule has 158 valence electrons. The molecular weight excluding hydrogens is 376 g/mol. The summed E-state index contributed by atoms with van der Waals surface area (Å²) in [6.07, 6.45) is 7.25. The zero-order valence-corrected chi connectivity index (χ0v) is 18.1. The average Bonchev–Trinajstić information content (AvgIpc) is 3.18. The predicted molar refractivity (Wildman–Crippen MR) is 119 cm³/mol. The van der Waals surface area contributed by atoms with Gasteiger partial charge in [0.2, 0.25) is 0 Å². The maximum atomic E-state index is 12.7. The molecule has 0 radical (unpaired) electrons. The second kappa shape index (κ2) is 8.92. The molecule has 1 atom stereocenters. The van der Waals surface area contributed by atoms with Gasteiger partial charge in [0.25, 0.3) is 0 Å². The van der Waals surface area contributed by atoms with Gasteiger partial charge in [-0.15, -0.1) is 5.10 Å². The van der Waals surface area contributed by atoms with Crippen LogP contribution in [0.4, 0.5) is 5.82 Å². The molecule has 0 saturated carbocycles. The van der Waals surface area contributed by atoms with E-state index in [9.17, 15) is 4.79 Å². The predicted octanol–water partition coefficient (Wildman–Crippen LogP) is 3.25. The van der Waals surface area contributed by atoms with E-state index in [2.05, 4.69) is 51.2 Å². The molecule has 1 fully saturated rings. The quantitative estimate of drug-likeness (QED) is 0.600. The maximum Gasteiger partial charge on any atom is 0.179 e. The Morgan fingerprint density at radius 2 is 2.03 bits per heavy atom. The molecule has 0 aliphatic carbocycles. The van der Waals surface area contributed by atoms with E-state index in [0.717, 1.165) is 54.8 Å². The van der Waals surface area contributed by atoms with E-state index in [-0.39, 0.29) is 5.92 Å². The molecule has 1 saturated heterocycles. The number of piperidine rings is 1. The highest BCUT2D eigenvalue weighted by atomic mass is 16.1. The normalized spacial score (nSPS) is 17.1. The molecule has 0 spiro atoms. The van der Waals surface area contributed by atoms with E-state index >= 15 is 0 Å². The number of aromatic nitrogens is 4. The number of aryl methyl sites for hydroxylation is 1. The molecule has 7 nitrogen and oxygen atoms in total. The van der Waals surface area contributed by atoms with E-state index in [1.165, 1.54) is 5.56 Å². The fourth-order valence-corrected chi connectivity index (χ4v) is 4.10. The summed E-state index contributed by atoms with van der Waals surface area (Å²) in [5, 5.41) is 14.4. The van der Waals surface area contributed by atoms with Gasteiger partial charge >= 0.3 is 0 Å². The molecule has 30 heavy (non-hydrogen) atoms. The minimum atomic E-state index is 0.0668. The van der Waals surface area contributed by atoms with E-state index < -0.39 is 0 Å². The zero-order valence-electron chi connectivity index (χ0n) is 18.1. The second-order valence-corrected chi connectivity index (χ2v) is 8.54. The van der Waals surface area contributed by atoms with Gasteiger partial charge in [0, 0.05) is 37.0 Å². The summed E-state index contributed by atoms with van der Waals surface area (Å²) in [6.45, 7) is 4.60. The summed E-state index contributed by atoms with van der Waals surface area (Å²) in [7, 11) is 4.09. The zero-order chi connectivity index (χ0) is 21.1. The van der Waals surface area contributed by atoms with Crippen LogP contribution in [0.1, 0.15) is 31.2 Å². The van der Waals surface area contributed by atoms with Crippen LogP contribution in [0.5, 0.6) is 0 Å². The van der Waals surface area contributed by atoms with Crippen molar-refractivity contribution in [2.75, 3.05) is 38.6 Å². The lowest BCUT2D eigenvalue weighted by atomic mass is 9.91. The van der Waals surface area contributed by atoms with Crippen LogP contribution >= 0.6 is 0 Å². The van der Waals surface area contributed by atoms with E-state index in [4.69, 9.17) is 5.10 Å². The number of carbonyl (C=O) groups is 1. The van der Waals surface area contributed by atoms with Gasteiger partial charge in [-0.05, 0) is 59.0 Å². The number of ketones is 1. The SMILES string of the molecule is Cc1ccc(-n2cc3cnnc(N4CCC[C@@H](C(=O)CCCN(C)C)C4)c3n2)cc1. The van der Waals surface area contributed by atoms with Crippen LogP contribution in [0.3, 0.4) is 0 Å². The van der Waals surface area contributed by atoms with Crippen molar-refractivity contribution >= 4 is 22.5 Å². The minimum absolute atomic E-state index is 0.0668. The largest absolute Gasteiger partial charge is 0.353 e. The molecule has 1 aromatic carbocycles. The summed E-state index contributed by atoms with van der Waals surface area (Å²) < 4.78 is 1.88. The van der Waals surface area contributed by atoms with Crippen LogP contribution in [0, 0.1) is 12.8 Å². The Morgan fingerprint density at radius 3 is 2.80 bits per heavy atom. The Hall–Kier alpha value is -2.80. The Bertz CT molecular complexity index is 1010. The molecule has 2 aromatic heterocycles. The third kappa shape index (κ3) is 4.51. The van der Waals surface area contributed by atoms with Crippen molar-refractivity contribution in [1.82, 2.24) is 24.9 Å². The van der Waals surface area contributed by atoms with Gasteiger partial charge < -0.3 is 9.80 Å². The van der Waals surface area contributed by atoms with Crippen LogP contribution in [-0.2, 0) is 4.79 Å². The number of hydrogen-bond donors (Lipinski definition) is 0. The highest BCUT2D eigenvalue weighted by molar-refractivity contribution is 5.88. The molecule has 3 heterocycles. The lowest BCUT2D eigenvalue weighted by Crippen LogP contribution is -2.39. The van der Waals surface area contributed by atoms with E-state index in [1.807, 2.05) is 25.0 Å². The van der Waals surface area contributed by atoms with E-state index in [1.54, 1.807) is 6.20 Å². The lowest BCUT2D eigenvalue weighted by Gasteiger charge is -2.32. The first-order chi connectivity index (χ1) is 14.5. The molecular formula is C23H30N6O. The van der Waals surface area contributed by atoms with Crippen molar-refractivity contribution in [3.05, 3.63) is 42.2 Å². The molecule has 0 bridgehead atoms. The van der Waals surface area contributed by atoms with Gasteiger partial charge in [0.05, 0.1) is 11.9 Å². The third-order valence-corrected chi connectivity index (χ3v) is 5.81. The summed E-state index contributed by atoms with van der Waals surface area (Å²) in [5.74, 6) is 1.22. The molecule has 0 N–H and O–H groups in total. The van der Waals surface area contributed by atoms with Gasteiger partial charge in [0.1, 0.15) is 11.3 Å². The fraction of sp³-hybridized carbons (Fsp3) is 0.478. The molecule has 7 heteroatoms. The van der Waals surface area contributed by atoms with Crippen LogP contribution in [-0.4, -0.2) is 64.4 Å². The molecule has 4 rings (SSSR count). The summed E-state index contributed by atoms with van der Waals surface area (Å²) in [6, 6.07) is 8.28. The number of Topliss-reactive ketones (excluding diaryl/α,β-unsaturated/α-hetero) is 1. The Balaban J connectivity index is 1.53. The molecule has 0 unspecified atom stereocenters. The summed E-state index contributed by atoms with van der Waals surface area (Å²) in [5.41, 5.74) is 3.07. The average molecular weight is 407 g/mol. The summed E-state index contributed by atoms with van der Waals surface area (Å²) in [4.78, 5) is 17.1. The number of carbonyl (C=O) groups excluding carboxylic acids is 1. The Labute approximate surface area is 177 Å². The van der Waals surface area contributed by atoms with Crippen LogP contribution in [0.25, 0.3) is 16.6 Å². The first kappa shape index (κ1) is 20.5. The molecule has 3 aromatic rings. The number of benzene rings is 1. The van der Waals surface area contributed by atoms with Crippen LogP contribution < -0.4 is 4.90 Å². The van der Waals surface area contributed by atoms with Crippen molar-refractivity contribution in [3.8, 4) is 5.69 Å². The standard InChI is InChI=1S/C23H30N6O/c1-17-8-10-20(11-9-17)29-16-19-14-24-25-23(22(19)26-29)28-13-4-6-18(15-28)21(30)7-5-12-27(2)3/h8-11,14,16,18H,4-7,12-13,15H2,1-3H3/t18-/m1/s1. The number of anilines is 1. The number of rotatable bonds is 7. The smallest absolute Gasteiger partial charge is 0.179 e. The molecule has 1 aliphatic rings. The molecule has 0 amide bonds. The molecule has 1 aliphatic heterocycles. The van der Waals surface area contributed by atoms with Gasteiger partial charge in [-0.3, -0.25) is 4.79 Å². The van der Waals surface area contributed by atoms with Gasteiger partial charge in [-0.2, -0.15) is 10.2 Å². The van der Waals surface area contributed by atoms with Crippen molar-refractivity contribution < 1.29 is 4.79 Å². The van der Waals surface area contributed by atoms with Gasteiger partial charge in [-0.1, -0.05) is 17.7 Å². The highest BCUT2D eigenvalue weighted by Crippen LogP contribution is 2.28. The number of hydrogen-bond acceptors (Lipinski definition) is 6. The lowest BCUT2D eigenvalue weighted by molar-refractivity contribution is -0.123. The van der Waals surface area contributed by atoms with Crippen LogP contribution in [0.15, 0.2) is 36.7 Å². The minimum Gasteiger partial charge on any atom is -0.353 e. The number of nitrogens with zero attached hydrogens (tertiary/aromatic N) is 6. The van der Waals surface area contributed by atoms with Gasteiger partial charge in [-0.25, -0.2) is 4.68 Å². The van der Waals surface area contributed by atoms with Crippen molar-refractivity contribution in [3.63, 3.8) is 0 Å². The van der Waals surface area contributed by atoms with E-state index in [0.29, 0.717) is 18.7 Å². The van der Waals surface area contributed by atoms with Crippen molar-refractivity contribution in [1.29, 1.82) is 0 Å². The maximum absolute atomic E-state index is 12.7. The monoisotopic (exact) mass is 406 g/mol. The number of fused-ring (bicyclic) bond motifs is 1. The van der Waals surface area contributed by atoms with Gasteiger partial charge in [0.15, 0.2) is 5.82 Å². The second-order valence-electron chi connectivity index (χ2n) is 8.54. The topological polar surface area (TPSA) is 67.2 Å². The Morgan fingerprint density at radius 1 is 1.23 bits per heavy atom. The van der Waals surface area contributed by atoms with Crippen molar-refractivity contribution in [2.45, 2.75) is 32.6 Å². The summed E-state index contributed by atoms with van der Waals surface area (Å²) >= 11 is 0. The van der Waals surface area contributed by atoms with Crippen LogP contribution in [0.2, 0.25) is 0 Å². The fourth-order valence-electron chi connectivity index (χ4n) is 4.10. The highest BCUT2D eigenvalue weighted by Gasteiger charge is 2.28. The first-order valence-corrected chi connectivity index (χ1v) is 10.7. The third-order valence-electron chi connectivity index (χ3n) is 5.81.